The number of rotatable bonds is 4. The predicted molar refractivity (Wildman–Crippen MR) is 70.7 cm³/mol. The Labute approximate surface area is 105 Å². The van der Waals surface area contributed by atoms with Crippen molar-refractivity contribution in [1.82, 2.24) is 4.90 Å². The van der Waals surface area contributed by atoms with Crippen LogP contribution in [-0.4, -0.2) is 23.3 Å². The van der Waals surface area contributed by atoms with Crippen molar-refractivity contribution in [2.45, 2.75) is 25.8 Å². The molecule has 0 amide bonds. The number of halogens is 1. The summed E-state index contributed by atoms with van der Waals surface area (Å²) >= 11 is 5.35. The zero-order valence-electron chi connectivity index (χ0n) is 8.99. The van der Waals surface area contributed by atoms with Crippen molar-refractivity contribution in [3.05, 3.63) is 22.4 Å². The molecule has 1 aliphatic rings. The molecule has 0 aliphatic carbocycles. The minimum atomic E-state index is 0.914. The van der Waals surface area contributed by atoms with Crippen molar-refractivity contribution in [3.8, 4) is 0 Å². The molecule has 1 aromatic heterocycles. The van der Waals surface area contributed by atoms with Gasteiger partial charge in [-0.2, -0.15) is 11.3 Å². The molecule has 0 N–H and O–H groups in total. The summed E-state index contributed by atoms with van der Waals surface area (Å²) in [5.41, 5.74) is 1.49. The summed E-state index contributed by atoms with van der Waals surface area (Å²) in [7, 11) is 0. The lowest BCUT2D eigenvalue weighted by Gasteiger charge is -2.32. The molecule has 1 aliphatic heterocycles. The number of alkyl halides is 1. The van der Waals surface area contributed by atoms with Crippen LogP contribution in [0.5, 0.6) is 0 Å². The van der Waals surface area contributed by atoms with Gasteiger partial charge in [-0.3, -0.25) is 4.90 Å². The Morgan fingerprint density at radius 2 is 2.47 bits per heavy atom. The molecule has 0 saturated carbocycles. The second kappa shape index (κ2) is 6.02. The van der Waals surface area contributed by atoms with Crippen molar-refractivity contribution in [2.24, 2.45) is 5.92 Å². The van der Waals surface area contributed by atoms with Gasteiger partial charge in [-0.15, -0.1) is 0 Å². The summed E-state index contributed by atoms with van der Waals surface area (Å²) in [6.07, 6.45) is 4.13. The molecule has 0 spiro atoms. The lowest BCUT2D eigenvalue weighted by atomic mass is 9.95. The van der Waals surface area contributed by atoms with Crippen LogP contribution in [-0.2, 0) is 6.54 Å². The first-order valence-corrected chi connectivity index (χ1v) is 7.74. The first-order chi connectivity index (χ1) is 7.38. The van der Waals surface area contributed by atoms with E-state index in [0.717, 1.165) is 17.8 Å². The molecule has 1 nitrogen and oxygen atoms in total. The molecular weight excluding hydrogens is 270 g/mol. The van der Waals surface area contributed by atoms with E-state index in [1.807, 2.05) is 0 Å². The van der Waals surface area contributed by atoms with Crippen LogP contribution in [0.25, 0.3) is 0 Å². The van der Waals surface area contributed by atoms with Crippen LogP contribution in [0.1, 0.15) is 24.8 Å². The van der Waals surface area contributed by atoms with Crippen molar-refractivity contribution < 1.29 is 0 Å². The Hall–Kier alpha value is 0.140. The summed E-state index contributed by atoms with van der Waals surface area (Å²) in [4.78, 5) is 2.61. The van der Waals surface area contributed by atoms with Crippen LogP contribution < -0.4 is 0 Å². The third-order valence-electron chi connectivity index (χ3n) is 3.11. The molecule has 2 rings (SSSR count). The molecule has 1 unspecified atom stereocenters. The highest BCUT2D eigenvalue weighted by Gasteiger charge is 2.19. The predicted octanol–water partition coefficient (Wildman–Crippen LogP) is 3.75. The number of likely N-dealkylation sites (tertiary alicyclic amines) is 1. The summed E-state index contributed by atoms with van der Waals surface area (Å²) in [6, 6.07) is 2.25. The second-order valence-corrected chi connectivity index (χ2v) is 5.93. The molecule has 15 heavy (non-hydrogen) atoms. The van der Waals surface area contributed by atoms with E-state index in [1.165, 1.54) is 37.9 Å². The van der Waals surface area contributed by atoms with Crippen LogP contribution >= 0.6 is 27.3 Å². The van der Waals surface area contributed by atoms with Gasteiger partial charge in [-0.1, -0.05) is 15.9 Å². The van der Waals surface area contributed by atoms with E-state index in [9.17, 15) is 0 Å². The number of hydrogen-bond donors (Lipinski definition) is 0. The second-order valence-electron chi connectivity index (χ2n) is 4.35. The van der Waals surface area contributed by atoms with Crippen molar-refractivity contribution in [1.29, 1.82) is 0 Å². The van der Waals surface area contributed by atoms with E-state index in [0.29, 0.717) is 0 Å². The Bertz CT molecular complexity index is 271. The van der Waals surface area contributed by atoms with E-state index < -0.39 is 0 Å². The van der Waals surface area contributed by atoms with Crippen molar-refractivity contribution in [3.63, 3.8) is 0 Å². The lowest BCUT2D eigenvalue weighted by Crippen LogP contribution is -2.34. The number of nitrogens with zero attached hydrogens (tertiary/aromatic N) is 1. The Morgan fingerprint density at radius 3 is 3.20 bits per heavy atom. The van der Waals surface area contributed by atoms with Crippen molar-refractivity contribution in [2.75, 3.05) is 18.4 Å². The van der Waals surface area contributed by atoms with Gasteiger partial charge < -0.3 is 0 Å². The average Bonchev–Trinajstić information content (AvgIpc) is 2.71. The Kier molecular flexibility index (Phi) is 4.66. The number of thiophene rings is 1. The highest BCUT2D eigenvalue weighted by molar-refractivity contribution is 9.09. The molecule has 1 fully saturated rings. The molecule has 1 saturated heterocycles. The maximum atomic E-state index is 3.55. The van der Waals surface area contributed by atoms with Crippen LogP contribution in [0.15, 0.2) is 16.8 Å². The number of hydrogen-bond acceptors (Lipinski definition) is 2. The highest BCUT2D eigenvalue weighted by atomic mass is 79.9. The fourth-order valence-electron chi connectivity index (χ4n) is 2.33. The zero-order chi connectivity index (χ0) is 10.5. The first-order valence-electron chi connectivity index (χ1n) is 5.68. The van der Waals surface area contributed by atoms with Crippen LogP contribution in [0.2, 0.25) is 0 Å². The molecule has 84 valence electrons. The fraction of sp³-hybridized carbons (Fsp3) is 0.667. The summed E-state index contributed by atoms with van der Waals surface area (Å²) < 4.78 is 0. The summed E-state index contributed by atoms with van der Waals surface area (Å²) in [5.74, 6) is 0.914. The molecule has 1 atom stereocenters. The topological polar surface area (TPSA) is 3.24 Å². The van der Waals surface area contributed by atoms with Gasteiger partial charge in [0.2, 0.25) is 0 Å². The minimum absolute atomic E-state index is 0.914. The van der Waals surface area contributed by atoms with E-state index in [2.05, 4.69) is 37.7 Å². The third kappa shape index (κ3) is 3.58. The quantitative estimate of drug-likeness (QED) is 0.763. The molecule has 1 aromatic rings. The largest absolute Gasteiger partial charge is 0.299 e. The van der Waals surface area contributed by atoms with E-state index in [-0.39, 0.29) is 0 Å². The maximum Gasteiger partial charge on any atom is 0.0242 e. The van der Waals surface area contributed by atoms with Gasteiger partial charge in [0.15, 0.2) is 0 Å². The van der Waals surface area contributed by atoms with Gasteiger partial charge in [-0.05, 0) is 54.1 Å². The van der Waals surface area contributed by atoms with Crippen LogP contribution in [0.3, 0.4) is 0 Å². The highest BCUT2D eigenvalue weighted by Crippen LogP contribution is 2.22. The van der Waals surface area contributed by atoms with E-state index in [4.69, 9.17) is 0 Å². The summed E-state index contributed by atoms with van der Waals surface area (Å²) in [6.45, 7) is 3.73. The molecule has 0 bridgehead atoms. The fourth-order valence-corrected chi connectivity index (χ4v) is 3.63. The number of piperidine rings is 1. The Balaban J connectivity index is 1.82. The van der Waals surface area contributed by atoms with E-state index in [1.54, 1.807) is 11.3 Å². The van der Waals surface area contributed by atoms with Gasteiger partial charge in [-0.25, -0.2) is 0 Å². The third-order valence-corrected chi connectivity index (χ3v) is 4.30. The standard InChI is InChI=1S/C12H18BrNS/c13-5-3-11-2-1-6-14(8-11)9-12-4-7-15-10-12/h4,7,10-11H,1-3,5-6,8-9H2. The van der Waals surface area contributed by atoms with Crippen LogP contribution in [0, 0.1) is 5.92 Å². The van der Waals surface area contributed by atoms with Crippen molar-refractivity contribution >= 4 is 27.3 Å². The molecule has 2 heterocycles. The average molecular weight is 288 g/mol. The Morgan fingerprint density at radius 1 is 1.53 bits per heavy atom. The first kappa shape index (κ1) is 11.6. The SMILES string of the molecule is BrCCC1CCCN(Cc2ccsc2)C1. The van der Waals surface area contributed by atoms with Gasteiger partial charge in [0.25, 0.3) is 0 Å². The van der Waals surface area contributed by atoms with Gasteiger partial charge in [0.1, 0.15) is 0 Å². The zero-order valence-corrected chi connectivity index (χ0v) is 11.4. The monoisotopic (exact) mass is 287 g/mol. The molecule has 0 aromatic carbocycles. The molecule has 3 heteroatoms. The van der Waals surface area contributed by atoms with Gasteiger partial charge in [0.05, 0.1) is 0 Å². The normalized spacial score (nSPS) is 23.1. The molecular formula is C12H18BrNS. The van der Waals surface area contributed by atoms with Gasteiger partial charge >= 0.3 is 0 Å². The van der Waals surface area contributed by atoms with Crippen LogP contribution in [0.4, 0.5) is 0 Å². The smallest absolute Gasteiger partial charge is 0.0242 e. The maximum absolute atomic E-state index is 3.55. The van der Waals surface area contributed by atoms with E-state index >= 15 is 0 Å². The molecule has 0 radical (unpaired) electrons. The lowest BCUT2D eigenvalue weighted by molar-refractivity contribution is 0.166. The minimum Gasteiger partial charge on any atom is -0.299 e. The van der Waals surface area contributed by atoms with Gasteiger partial charge in [0, 0.05) is 18.4 Å². The summed E-state index contributed by atoms with van der Waals surface area (Å²) in [5, 5.41) is 5.60.